The van der Waals surface area contributed by atoms with Gasteiger partial charge in [0, 0.05) is 7.11 Å². The van der Waals surface area contributed by atoms with E-state index < -0.39 is 12.1 Å². The third kappa shape index (κ3) is 3.24. The Morgan fingerprint density at radius 2 is 1.74 bits per heavy atom. The lowest BCUT2D eigenvalue weighted by Crippen LogP contribution is -2.55. The third-order valence-corrected chi connectivity index (χ3v) is 4.33. The van der Waals surface area contributed by atoms with Gasteiger partial charge in [-0.05, 0) is 45.7 Å². The van der Waals surface area contributed by atoms with Crippen molar-refractivity contribution in [2.75, 3.05) is 13.7 Å². The minimum absolute atomic E-state index is 0.146. The van der Waals surface area contributed by atoms with E-state index in [9.17, 15) is 0 Å². The van der Waals surface area contributed by atoms with Crippen LogP contribution in [0.5, 0.6) is 5.75 Å². The van der Waals surface area contributed by atoms with Gasteiger partial charge >= 0.3 is 0 Å². The average molecular weight is 322 g/mol. The fourth-order valence-electron chi connectivity index (χ4n) is 3.52. The van der Waals surface area contributed by atoms with Crippen LogP contribution in [0.15, 0.2) is 12.1 Å². The van der Waals surface area contributed by atoms with Gasteiger partial charge in [0.15, 0.2) is 18.2 Å². The van der Waals surface area contributed by atoms with E-state index in [0.29, 0.717) is 6.61 Å². The Labute approximate surface area is 137 Å². The molecule has 3 rings (SSSR count). The average Bonchev–Trinajstić information content (AvgIpc) is 2.76. The Hall–Kier alpha value is -1.14. The Balaban J connectivity index is 1.89. The summed E-state index contributed by atoms with van der Waals surface area (Å²) in [5.74, 6) is 0.223. The molecule has 0 radical (unpaired) electrons. The quantitative estimate of drug-likeness (QED) is 0.856. The van der Waals surface area contributed by atoms with Crippen molar-refractivity contribution >= 4 is 0 Å². The number of hydrogen-bond donors (Lipinski definition) is 0. The molecule has 0 aliphatic carbocycles. The van der Waals surface area contributed by atoms with Crippen LogP contribution >= 0.6 is 0 Å². The van der Waals surface area contributed by atoms with E-state index in [1.807, 2.05) is 27.7 Å². The summed E-state index contributed by atoms with van der Waals surface area (Å²) in [6.07, 6.45) is -1.22. The summed E-state index contributed by atoms with van der Waals surface area (Å²) in [4.78, 5) is 0. The monoisotopic (exact) mass is 322 g/mol. The van der Waals surface area contributed by atoms with Gasteiger partial charge in [0.05, 0.1) is 6.61 Å². The highest BCUT2D eigenvalue weighted by Gasteiger charge is 2.52. The van der Waals surface area contributed by atoms with Crippen LogP contribution in [-0.2, 0) is 18.9 Å². The molecule has 23 heavy (non-hydrogen) atoms. The molecule has 4 atom stereocenters. The lowest BCUT2D eigenvalue weighted by Gasteiger charge is -2.37. The maximum Gasteiger partial charge on any atom is 0.197 e. The van der Waals surface area contributed by atoms with Crippen molar-refractivity contribution in [1.29, 1.82) is 0 Å². The summed E-state index contributed by atoms with van der Waals surface area (Å²) < 4.78 is 29.5. The second-order valence-electron chi connectivity index (χ2n) is 6.89. The van der Waals surface area contributed by atoms with Gasteiger partial charge < -0.3 is 23.7 Å². The first-order chi connectivity index (χ1) is 10.8. The van der Waals surface area contributed by atoms with E-state index in [-0.39, 0.29) is 18.3 Å². The molecule has 5 heteroatoms. The van der Waals surface area contributed by atoms with Crippen LogP contribution < -0.4 is 4.74 Å². The minimum Gasteiger partial charge on any atom is -0.482 e. The number of benzene rings is 1. The molecule has 1 aromatic rings. The Morgan fingerprint density at radius 3 is 2.35 bits per heavy atom. The topological polar surface area (TPSA) is 46.2 Å². The fourth-order valence-corrected chi connectivity index (χ4v) is 3.52. The molecular formula is C18H26O5. The molecule has 0 aromatic heterocycles. The van der Waals surface area contributed by atoms with Crippen LogP contribution in [0, 0.1) is 20.8 Å². The minimum atomic E-state index is -0.639. The summed E-state index contributed by atoms with van der Waals surface area (Å²) in [5, 5.41) is 0. The van der Waals surface area contributed by atoms with E-state index in [2.05, 4.69) is 19.1 Å². The second-order valence-corrected chi connectivity index (χ2v) is 6.89. The highest BCUT2D eigenvalue weighted by molar-refractivity contribution is 5.43. The van der Waals surface area contributed by atoms with Crippen LogP contribution in [0.2, 0.25) is 0 Å². The van der Waals surface area contributed by atoms with Crippen LogP contribution in [0.4, 0.5) is 0 Å². The first-order valence-electron chi connectivity index (χ1n) is 8.05. The second kappa shape index (κ2) is 6.06. The summed E-state index contributed by atoms with van der Waals surface area (Å²) >= 11 is 0. The predicted octanol–water partition coefficient (Wildman–Crippen LogP) is 2.88. The summed E-state index contributed by atoms with van der Waals surface area (Å²) in [7, 11) is 1.62. The molecule has 1 aromatic carbocycles. The molecule has 2 fully saturated rings. The van der Waals surface area contributed by atoms with Gasteiger partial charge in [-0.15, -0.1) is 0 Å². The molecule has 2 saturated heterocycles. The smallest absolute Gasteiger partial charge is 0.197 e. The normalized spacial score (nSPS) is 32.6. The van der Waals surface area contributed by atoms with Crippen molar-refractivity contribution in [3.63, 3.8) is 0 Å². The third-order valence-electron chi connectivity index (χ3n) is 4.33. The predicted molar refractivity (Wildman–Crippen MR) is 85.6 cm³/mol. The molecule has 0 unspecified atom stereocenters. The van der Waals surface area contributed by atoms with E-state index in [0.717, 1.165) is 16.9 Å². The molecule has 5 nitrogen and oxygen atoms in total. The zero-order chi connectivity index (χ0) is 16.8. The van der Waals surface area contributed by atoms with Crippen LogP contribution in [0.25, 0.3) is 0 Å². The Kier molecular flexibility index (Phi) is 4.40. The lowest BCUT2D eigenvalue weighted by molar-refractivity contribution is -0.234. The van der Waals surface area contributed by atoms with Crippen molar-refractivity contribution in [3.8, 4) is 5.75 Å². The number of hydrogen-bond acceptors (Lipinski definition) is 5. The Morgan fingerprint density at radius 1 is 1.09 bits per heavy atom. The SMILES string of the molecule is CO[C@@H]1OC[C@@H]2OC(C)(C)O[C@H]2[C@@H]1Oc1c(C)cc(C)cc1C. The number of fused-ring (bicyclic) bond motifs is 1. The van der Waals surface area contributed by atoms with E-state index in [4.69, 9.17) is 23.7 Å². The molecule has 0 amide bonds. The lowest BCUT2D eigenvalue weighted by atomic mass is 10.0. The van der Waals surface area contributed by atoms with Crippen molar-refractivity contribution in [2.24, 2.45) is 0 Å². The van der Waals surface area contributed by atoms with Crippen molar-refractivity contribution in [2.45, 2.75) is 65.0 Å². The number of ether oxygens (including phenoxy) is 5. The highest BCUT2D eigenvalue weighted by atomic mass is 16.8. The van der Waals surface area contributed by atoms with Crippen molar-refractivity contribution in [1.82, 2.24) is 0 Å². The largest absolute Gasteiger partial charge is 0.482 e. The van der Waals surface area contributed by atoms with E-state index in [1.54, 1.807) is 7.11 Å². The standard InChI is InChI=1S/C18H26O5/c1-10-7-11(2)14(12(3)8-10)21-16-15-13(9-20-17(16)19-6)22-18(4,5)23-15/h7-8,13,15-17H,9H2,1-6H3/t13-,15+,16-,17+/m0/s1. The summed E-state index contributed by atoms with van der Waals surface area (Å²) in [6, 6.07) is 4.22. The Bertz CT molecular complexity index is 560. The molecule has 0 bridgehead atoms. The van der Waals surface area contributed by atoms with E-state index >= 15 is 0 Å². The van der Waals surface area contributed by atoms with Gasteiger partial charge in [-0.3, -0.25) is 0 Å². The van der Waals surface area contributed by atoms with Gasteiger partial charge in [0.1, 0.15) is 18.0 Å². The van der Waals surface area contributed by atoms with Crippen molar-refractivity contribution < 1.29 is 23.7 Å². The highest BCUT2D eigenvalue weighted by Crippen LogP contribution is 2.37. The maximum atomic E-state index is 6.33. The van der Waals surface area contributed by atoms with Gasteiger partial charge in [-0.2, -0.15) is 0 Å². The first kappa shape index (κ1) is 16.7. The number of methoxy groups -OCH3 is 1. The molecule has 2 heterocycles. The molecule has 0 N–H and O–H groups in total. The van der Waals surface area contributed by atoms with Gasteiger partial charge in [0.25, 0.3) is 0 Å². The van der Waals surface area contributed by atoms with E-state index in [1.165, 1.54) is 5.56 Å². The van der Waals surface area contributed by atoms with Gasteiger partial charge in [-0.1, -0.05) is 17.7 Å². The van der Waals surface area contributed by atoms with Crippen LogP contribution in [0.1, 0.15) is 30.5 Å². The summed E-state index contributed by atoms with van der Waals surface area (Å²) in [6.45, 7) is 10.4. The summed E-state index contributed by atoms with van der Waals surface area (Å²) in [5.41, 5.74) is 3.41. The number of rotatable bonds is 3. The molecule has 128 valence electrons. The zero-order valence-corrected chi connectivity index (χ0v) is 14.7. The van der Waals surface area contributed by atoms with Crippen molar-refractivity contribution in [3.05, 3.63) is 28.8 Å². The molecule has 0 spiro atoms. The van der Waals surface area contributed by atoms with Gasteiger partial charge in [0.2, 0.25) is 0 Å². The first-order valence-corrected chi connectivity index (χ1v) is 8.05. The molecule has 2 aliphatic rings. The maximum absolute atomic E-state index is 6.33. The van der Waals surface area contributed by atoms with Crippen LogP contribution in [-0.4, -0.2) is 44.1 Å². The molecular weight excluding hydrogens is 296 g/mol. The molecule has 2 aliphatic heterocycles. The molecule has 0 saturated carbocycles. The van der Waals surface area contributed by atoms with Gasteiger partial charge in [-0.25, -0.2) is 0 Å². The van der Waals surface area contributed by atoms with Crippen LogP contribution in [0.3, 0.4) is 0 Å². The zero-order valence-electron chi connectivity index (χ0n) is 14.7. The number of aryl methyl sites for hydroxylation is 3. The fraction of sp³-hybridized carbons (Fsp3) is 0.667.